The van der Waals surface area contributed by atoms with Crippen molar-refractivity contribution in [3.05, 3.63) is 119 Å². The number of nitrogens with zero attached hydrogens (tertiary/aromatic N) is 5. The van der Waals surface area contributed by atoms with Crippen LogP contribution >= 0.6 is 0 Å². The van der Waals surface area contributed by atoms with Crippen molar-refractivity contribution in [1.82, 2.24) is 93.2 Å². The fourth-order valence-electron chi connectivity index (χ4n) is 15.7. The van der Waals surface area contributed by atoms with E-state index in [9.17, 15) is 77.3 Å². The molecule has 40 heteroatoms. The van der Waals surface area contributed by atoms with Gasteiger partial charge in [0.05, 0.1) is 36.0 Å². The predicted octanol–water partition coefficient (Wildman–Crippen LogP) is 3.00. The average Bonchev–Trinajstić information content (AvgIpc) is 1.47. The lowest BCUT2D eigenvalue weighted by Gasteiger charge is -2.38. The van der Waals surface area contributed by atoms with Crippen LogP contribution in [0.4, 0.5) is 5.69 Å². The molecule has 0 unspecified atom stereocenters. The maximum atomic E-state index is 15.0. The molecule has 0 radical (unpaired) electrons. The Morgan fingerprint density at radius 2 is 1.11 bits per heavy atom. The number of piperazine rings is 1. The van der Waals surface area contributed by atoms with Gasteiger partial charge >= 0.3 is 5.97 Å². The molecule has 4 heterocycles. The quantitative estimate of drug-likeness (QED) is 0.0148. The molecule has 7 rings (SSSR count). The van der Waals surface area contributed by atoms with Gasteiger partial charge in [-0.05, 0) is 111 Å². The molecule has 133 heavy (non-hydrogen) atoms. The summed E-state index contributed by atoms with van der Waals surface area (Å²) < 4.78 is 1.05. The smallest absolute Gasteiger partial charge is 0.303 e. The highest BCUT2D eigenvalue weighted by atomic mass is 16.4. The average molecular weight is 1850 g/mol. The Labute approximate surface area is 775 Å². The van der Waals surface area contributed by atoms with Crippen LogP contribution in [-0.2, 0) is 92.9 Å². The van der Waals surface area contributed by atoms with Gasteiger partial charge in [0.25, 0.3) is 5.56 Å². The molecule has 6 aromatic rings. The number of imidazole rings is 1. The second kappa shape index (κ2) is 56.6. The van der Waals surface area contributed by atoms with Gasteiger partial charge in [-0.15, -0.1) is 0 Å². The highest BCUT2D eigenvalue weighted by molar-refractivity contribution is 5.99. The molecular formula is C93H139N23O17. The lowest BCUT2D eigenvalue weighted by molar-refractivity contribution is -0.138. The summed E-state index contributed by atoms with van der Waals surface area (Å²) in [5.41, 5.74) is 20.0. The van der Waals surface area contributed by atoms with Gasteiger partial charge in [0.2, 0.25) is 76.8 Å². The zero-order chi connectivity index (χ0) is 96.9. The molecule has 1 aliphatic heterocycles. The Bertz CT molecular complexity index is 4880. The lowest BCUT2D eigenvalue weighted by atomic mass is 9.98. The first-order valence-electron chi connectivity index (χ1n) is 46.6. The van der Waals surface area contributed by atoms with E-state index in [1.165, 1.54) is 102 Å². The van der Waals surface area contributed by atoms with E-state index in [1.54, 1.807) is 43.1 Å². The minimum atomic E-state index is -1.66. The Hall–Kier alpha value is -13.0. The molecule has 10 atom stereocenters. The van der Waals surface area contributed by atoms with Crippen molar-refractivity contribution in [2.45, 2.75) is 275 Å². The van der Waals surface area contributed by atoms with Gasteiger partial charge < -0.3 is 111 Å². The summed E-state index contributed by atoms with van der Waals surface area (Å²) in [4.78, 5) is 225. The molecule has 1 aliphatic rings. The van der Waals surface area contributed by atoms with Crippen LogP contribution in [0.25, 0.3) is 21.8 Å². The van der Waals surface area contributed by atoms with Crippen LogP contribution in [0.3, 0.4) is 0 Å². The summed E-state index contributed by atoms with van der Waals surface area (Å²) in [5, 5.41) is 60.5. The van der Waals surface area contributed by atoms with Crippen LogP contribution in [0.1, 0.15) is 212 Å². The molecule has 1 fully saturated rings. The van der Waals surface area contributed by atoms with Crippen molar-refractivity contribution >= 4 is 116 Å². The number of rotatable bonds is 61. The topological polar surface area (TPSA) is 612 Å². The van der Waals surface area contributed by atoms with E-state index in [0.717, 1.165) is 41.2 Å². The molecular weight excluding hydrogens is 1710 g/mol. The highest BCUT2D eigenvalue weighted by Crippen LogP contribution is 2.25. The van der Waals surface area contributed by atoms with Crippen molar-refractivity contribution < 1.29 is 77.3 Å². The summed E-state index contributed by atoms with van der Waals surface area (Å²) in [5.74, 6) is -11.4. The van der Waals surface area contributed by atoms with Crippen molar-refractivity contribution in [1.29, 1.82) is 5.41 Å². The summed E-state index contributed by atoms with van der Waals surface area (Å²) >= 11 is 0. The van der Waals surface area contributed by atoms with Crippen molar-refractivity contribution in [3.63, 3.8) is 0 Å². The Morgan fingerprint density at radius 3 is 1.74 bits per heavy atom. The monoisotopic (exact) mass is 1850 g/mol. The number of primary amides is 1. The largest absolute Gasteiger partial charge is 0.508 e. The number of carboxylic acid groups (broad SMARTS) is 1. The van der Waals surface area contributed by atoms with Crippen LogP contribution in [-0.4, -0.2) is 236 Å². The van der Waals surface area contributed by atoms with Crippen LogP contribution in [0.5, 0.6) is 5.75 Å². The maximum Gasteiger partial charge on any atom is 0.303 e. The molecule has 0 bridgehead atoms. The van der Waals surface area contributed by atoms with Gasteiger partial charge in [-0.2, -0.15) is 0 Å². The number of aromatic amines is 2. The number of H-pyrrole nitrogens is 2. The molecule has 0 aliphatic carbocycles. The number of likely N-dealkylation sites (N-methyl/N-ethyl adjacent to an activating group) is 1. The standard InChI is InChI=1S/C93H139N23O17/c1-7-9-10-11-12-13-14-15-16-17-18-19-20-30-79(120)106-70(37-38-81(122)123)84(125)101-42-39-78(119)100-40-24-23-28-71(108-90(131)82(95)59(5)8-2)92(133)115-45-43-114(44-46-115)63-33-36-68-66(51-63)91(132)116(57-105-68)55-80(121)107-69(29-25-41-102-93(96)97)85(126)112-75(50-62-54-99-56-104-62)88(129)110-73(48-60-31-34-64(117)35-32-60)87(128)109-72(47-58(3)4)86(127)113-76(52-77(94)118)89(130)111-74(83(124)98-6)49-61-53-103-67-27-22-21-26-65(61)67/h21-22,26-27,31-36,51,53-54,56-59,69-76,82,103,117H,7-20,23-25,28-30,37-50,52,55,95H2,1-6H3,(H2,94,118)(H,98,124)(H,99,104)(H,100,119)(H,101,125)(H,106,120)(H,107,121)(H,108,131)(H,109,128)(H,110,129)(H,111,130)(H,112,126)(H,113,127)(H,122,123)(H4,96,97,102)/t59-,69-,70-,71-,72-,73-,74-,75-,76-,82-/m0/s1. The first-order chi connectivity index (χ1) is 63.7. The fraction of sp³-hybridized carbons (Fsp3) is 0.570. The number of fused-ring (bicyclic) bond motifs is 2. The molecule has 728 valence electrons. The first-order valence-corrected chi connectivity index (χ1v) is 46.6. The predicted molar refractivity (Wildman–Crippen MR) is 502 cm³/mol. The summed E-state index contributed by atoms with van der Waals surface area (Å²) in [6, 6.07) is 6.20. The van der Waals surface area contributed by atoms with Crippen LogP contribution in [0.15, 0.2) is 96.6 Å². The number of guanidine groups is 1. The number of hydrogen-bond donors (Lipinski definition) is 20. The minimum absolute atomic E-state index is 0.000692. The van der Waals surface area contributed by atoms with E-state index in [-0.39, 0.29) is 156 Å². The number of aromatic nitrogens is 5. The number of para-hydroxylation sites is 1. The van der Waals surface area contributed by atoms with Gasteiger partial charge in [-0.1, -0.05) is 148 Å². The second-order valence-corrected chi connectivity index (χ2v) is 34.6. The second-order valence-electron chi connectivity index (χ2n) is 34.6. The van der Waals surface area contributed by atoms with Crippen LogP contribution in [0, 0.1) is 17.2 Å². The van der Waals surface area contributed by atoms with Gasteiger partial charge in [0, 0.05) is 126 Å². The van der Waals surface area contributed by atoms with Crippen molar-refractivity contribution in [2.24, 2.45) is 29.0 Å². The van der Waals surface area contributed by atoms with E-state index in [1.807, 2.05) is 43.0 Å². The lowest BCUT2D eigenvalue weighted by Crippen LogP contribution is -2.60. The number of phenols is 1. The van der Waals surface area contributed by atoms with E-state index >= 15 is 4.79 Å². The van der Waals surface area contributed by atoms with Crippen molar-refractivity contribution in [3.8, 4) is 5.75 Å². The Balaban J connectivity index is 0.967. The molecule has 23 N–H and O–H groups in total. The number of carbonyl (C=O) groups is 14. The number of hydrogen-bond acceptors (Lipinski definition) is 21. The molecule has 0 saturated carbocycles. The number of aliphatic carboxylic acids is 1. The number of carbonyl (C=O) groups excluding carboxylic acids is 13. The number of amides is 13. The van der Waals surface area contributed by atoms with E-state index < -0.39 is 138 Å². The summed E-state index contributed by atoms with van der Waals surface area (Å²) in [7, 11) is 1.38. The zero-order valence-corrected chi connectivity index (χ0v) is 77.5. The zero-order valence-electron chi connectivity index (χ0n) is 77.5. The number of anilines is 1. The van der Waals surface area contributed by atoms with Gasteiger partial charge in [0.15, 0.2) is 5.96 Å². The summed E-state index contributed by atoms with van der Waals surface area (Å²) in [6.45, 7) is 9.99. The highest BCUT2D eigenvalue weighted by Gasteiger charge is 2.37. The molecule has 3 aromatic heterocycles. The molecule has 0 spiro atoms. The van der Waals surface area contributed by atoms with Gasteiger partial charge in [-0.3, -0.25) is 81.9 Å². The molecule has 1 saturated heterocycles. The summed E-state index contributed by atoms with van der Waals surface area (Å²) in [6.07, 6.45) is 20.4. The van der Waals surface area contributed by atoms with Crippen LogP contribution < -0.4 is 91.5 Å². The Kier molecular flexibility index (Phi) is 45.6. The van der Waals surface area contributed by atoms with Gasteiger partial charge in [-0.25, -0.2) is 9.97 Å². The van der Waals surface area contributed by atoms with E-state index in [2.05, 4.69) is 90.7 Å². The third-order valence-corrected chi connectivity index (χ3v) is 23.6. The Morgan fingerprint density at radius 1 is 0.534 bits per heavy atom. The molecule has 40 nitrogen and oxygen atoms in total. The number of unbranched alkanes of at least 4 members (excludes halogenated alkanes) is 13. The van der Waals surface area contributed by atoms with E-state index in [4.69, 9.17) is 22.6 Å². The van der Waals surface area contributed by atoms with Gasteiger partial charge in [0.1, 0.15) is 60.6 Å². The molecule has 3 aromatic carbocycles. The number of benzene rings is 3. The van der Waals surface area contributed by atoms with E-state index in [0.29, 0.717) is 61.3 Å². The fourth-order valence-corrected chi connectivity index (χ4v) is 15.7. The maximum absolute atomic E-state index is 15.0. The normalized spacial score (nSPS) is 14.3. The molecule has 13 amide bonds. The minimum Gasteiger partial charge on any atom is -0.508 e. The van der Waals surface area contributed by atoms with Crippen LogP contribution in [0.2, 0.25) is 0 Å². The number of nitrogens with one attached hydrogen (secondary N) is 15. The number of aromatic hydroxyl groups is 1. The number of nitrogens with two attached hydrogens (primary N) is 3. The third-order valence-electron chi connectivity index (χ3n) is 23.6. The SMILES string of the molecule is CCCCCCCCCCCCCCCC(=O)N[C@@H](CCC(=O)O)C(=O)NCCC(=O)NCCCC[C@H](NC(=O)[C@@H](N)[C@@H](C)CC)C(=O)N1CCN(c2ccc3ncn(CC(=O)N[C@@H](CCCNC(=N)N)C(=O)N[C@@H](Cc4cnc[nH]4)C(=O)N[C@@H](Cc4ccc(O)cc4)C(=O)N[C@@H](CC(C)C)C(=O)N[C@@H](CC(N)=O)C(=O)N[C@@H](Cc4c[nH]c5ccccc45)C(=O)NC)c(=O)c3c2)CC1. The first kappa shape index (κ1) is 107. The number of phenolic OH excluding ortho intramolecular Hbond substituents is 1. The van der Waals surface area contributed by atoms with Crippen molar-refractivity contribution in [2.75, 3.05) is 57.8 Å². The number of carboxylic acids is 1. The third kappa shape index (κ3) is 37.3.